The highest BCUT2D eigenvalue weighted by Crippen LogP contribution is 2.52. The molecule has 0 saturated carbocycles. The largest absolute Gasteiger partial charge is 0.465 e. The van der Waals surface area contributed by atoms with E-state index in [2.05, 4.69) is 9.47 Å². The molecular formula is C16H10O6S2. The van der Waals surface area contributed by atoms with Crippen molar-refractivity contribution < 1.29 is 28.7 Å². The number of methoxy groups -OCH3 is 2. The molecule has 3 rings (SSSR count). The predicted molar refractivity (Wildman–Crippen MR) is 88.4 cm³/mol. The Morgan fingerprint density at radius 2 is 1.25 bits per heavy atom. The molecule has 8 heteroatoms. The van der Waals surface area contributed by atoms with Crippen LogP contribution < -0.4 is 0 Å². The van der Waals surface area contributed by atoms with Crippen LogP contribution in [-0.4, -0.2) is 37.7 Å². The number of hydrogen-bond acceptors (Lipinski definition) is 8. The molecule has 0 radical (unpaired) electrons. The van der Waals surface area contributed by atoms with Gasteiger partial charge >= 0.3 is 11.9 Å². The standard InChI is InChI=1S/C16H10O6S2/c1-21-14(19)12-13(15(20)22-2)24-16(23-12)9-10(17)7-5-3-4-6-8(7)11(9)18/h3-6H,1-2H3. The van der Waals surface area contributed by atoms with E-state index in [9.17, 15) is 19.2 Å². The van der Waals surface area contributed by atoms with Crippen LogP contribution in [0.2, 0.25) is 0 Å². The lowest BCUT2D eigenvalue weighted by molar-refractivity contribution is -0.138. The minimum atomic E-state index is -0.723. The van der Waals surface area contributed by atoms with E-state index in [4.69, 9.17) is 0 Å². The van der Waals surface area contributed by atoms with Crippen molar-refractivity contribution in [3.05, 3.63) is 55.0 Å². The second-order valence-electron chi connectivity index (χ2n) is 4.71. The van der Waals surface area contributed by atoms with Gasteiger partial charge in [-0.15, -0.1) is 0 Å². The van der Waals surface area contributed by atoms with Crippen molar-refractivity contribution in [2.24, 2.45) is 0 Å². The van der Waals surface area contributed by atoms with Crippen molar-refractivity contribution in [1.29, 1.82) is 0 Å². The molecule has 0 atom stereocenters. The van der Waals surface area contributed by atoms with Crippen molar-refractivity contribution in [3.63, 3.8) is 0 Å². The van der Waals surface area contributed by atoms with Gasteiger partial charge in [-0.05, 0) is 0 Å². The van der Waals surface area contributed by atoms with Gasteiger partial charge in [-0.3, -0.25) is 9.59 Å². The third-order valence-electron chi connectivity index (χ3n) is 3.41. The maximum atomic E-state index is 12.5. The molecule has 0 spiro atoms. The third-order valence-corrected chi connectivity index (χ3v) is 5.97. The maximum Gasteiger partial charge on any atom is 0.346 e. The molecule has 0 amide bonds. The first-order valence-corrected chi connectivity index (χ1v) is 8.32. The van der Waals surface area contributed by atoms with E-state index in [0.29, 0.717) is 11.1 Å². The van der Waals surface area contributed by atoms with Crippen molar-refractivity contribution in [2.45, 2.75) is 0 Å². The lowest BCUT2D eigenvalue weighted by Gasteiger charge is -2.00. The SMILES string of the molecule is COC(=O)C1=C(C(=O)OC)SC(=C2C(=O)c3ccccc3C2=O)S1. The van der Waals surface area contributed by atoms with E-state index in [1.54, 1.807) is 24.3 Å². The number of thioether (sulfide) groups is 2. The molecule has 1 aliphatic heterocycles. The van der Waals surface area contributed by atoms with Crippen LogP contribution in [0.25, 0.3) is 0 Å². The second-order valence-corrected chi connectivity index (χ2v) is 7.01. The second kappa shape index (κ2) is 6.29. The molecule has 0 saturated heterocycles. The monoisotopic (exact) mass is 362 g/mol. The molecule has 1 aromatic carbocycles. The molecule has 24 heavy (non-hydrogen) atoms. The number of fused-ring (bicyclic) bond motifs is 1. The third kappa shape index (κ3) is 2.47. The summed E-state index contributed by atoms with van der Waals surface area (Å²) >= 11 is 1.75. The Morgan fingerprint density at radius 1 is 0.833 bits per heavy atom. The van der Waals surface area contributed by atoms with Gasteiger partial charge in [0.1, 0.15) is 9.81 Å². The highest BCUT2D eigenvalue weighted by molar-refractivity contribution is 8.29. The highest BCUT2D eigenvalue weighted by atomic mass is 32.2. The average Bonchev–Trinajstić information content (AvgIpc) is 3.14. The van der Waals surface area contributed by atoms with Crippen LogP contribution in [0.1, 0.15) is 20.7 Å². The van der Waals surface area contributed by atoms with Crippen LogP contribution >= 0.6 is 23.5 Å². The fourth-order valence-electron chi connectivity index (χ4n) is 2.29. The minimum absolute atomic E-state index is 0.00778. The first kappa shape index (κ1) is 16.5. The zero-order valence-corrected chi connectivity index (χ0v) is 14.2. The van der Waals surface area contributed by atoms with Gasteiger partial charge in [-0.2, -0.15) is 0 Å². The molecule has 122 valence electrons. The van der Waals surface area contributed by atoms with E-state index in [0.717, 1.165) is 23.5 Å². The topological polar surface area (TPSA) is 86.7 Å². The molecule has 1 aliphatic carbocycles. The number of rotatable bonds is 2. The van der Waals surface area contributed by atoms with Crippen molar-refractivity contribution in [2.75, 3.05) is 14.2 Å². The minimum Gasteiger partial charge on any atom is -0.465 e. The summed E-state index contributed by atoms with van der Waals surface area (Å²) < 4.78 is 9.59. The van der Waals surface area contributed by atoms with Gasteiger partial charge in [0.2, 0.25) is 0 Å². The van der Waals surface area contributed by atoms with Gasteiger partial charge in [-0.25, -0.2) is 9.59 Å². The van der Waals surface area contributed by atoms with Gasteiger partial charge in [0.25, 0.3) is 0 Å². The molecular weight excluding hydrogens is 352 g/mol. The summed E-state index contributed by atoms with van der Waals surface area (Å²) in [5.74, 6) is -2.28. The lowest BCUT2D eigenvalue weighted by Crippen LogP contribution is -2.08. The van der Waals surface area contributed by atoms with Crippen molar-refractivity contribution in [3.8, 4) is 0 Å². The molecule has 6 nitrogen and oxygen atoms in total. The van der Waals surface area contributed by atoms with E-state index in [-0.39, 0.29) is 19.6 Å². The van der Waals surface area contributed by atoms with Gasteiger partial charge in [-0.1, -0.05) is 47.8 Å². The van der Waals surface area contributed by atoms with Gasteiger partial charge < -0.3 is 9.47 Å². The Bertz CT molecular complexity index is 798. The average molecular weight is 362 g/mol. The summed E-state index contributed by atoms with van der Waals surface area (Å²) in [6.45, 7) is 0. The Balaban J connectivity index is 2.06. The molecule has 0 bridgehead atoms. The van der Waals surface area contributed by atoms with Crippen LogP contribution in [-0.2, 0) is 19.1 Å². The number of ketones is 2. The molecule has 2 aliphatic rings. The summed E-state index contributed by atoms with van der Waals surface area (Å²) in [6.07, 6.45) is 0. The molecule has 1 heterocycles. The first-order valence-electron chi connectivity index (χ1n) is 6.69. The summed E-state index contributed by atoms with van der Waals surface area (Å²) in [7, 11) is 2.37. The Kier molecular flexibility index (Phi) is 4.33. The summed E-state index contributed by atoms with van der Waals surface area (Å²) in [5, 5.41) is 0. The van der Waals surface area contributed by atoms with Gasteiger partial charge in [0.05, 0.1) is 24.0 Å². The van der Waals surface area contributed by atoms with E-state index in [1.807, 2.05) is 0 Å². The quantitative estimate of drug-likeness (QED) is 0.450. The lowest BCUT2D eigenvalue weighted by atomic mass is 10.1. The zero-order chi connectivity index (χ0) is 17.4. The Labute approximate surface area is 145 Å². The smallest absolute Gasteiger partial charge is 0.346 e. The Hall–Kier alpha value is -2.32. The van der Waals surface area contributed by atoms with Crippen LogP contribution in [0, 0.1) is 0 Å². The molecule has 0 aromatic heterocycles. The van der Waals surface area contributed by atoms with E-state index in [1.165, 1.54) is 14.2 Å². The number of carbonyl (C=O) groups excluding carboxylic acids is 4. The number of esters is 2. The molecule has 1 aromatic rings. The molecule has 0 unspecified atom stereocenters. The van der Waals surface area contributed by atoms with Crippen LogP contribution in [0.4, 0.5) is 0 Å². The van der Waals surface area contributed by atoms with Crippen molar-refractivity contribution >= 4 is 47.0 Å². The number of carbonyl (C=O) groups is 4. The number of hydrogen-bond donors (Lipinski definition) is 0. The van der Waals surface area contributed by atoms with Crippen molar-refractivity contribution in [1.82, 2.24) is 0 Å². The normalized spacial score (nSPS) is 16.6. The number of Topliss-reactive ketones (excluding diaryl/α,β-unsaturated/α-hetero) is 2. The van der Waals surface area contributed by atoms with Gasteiger partial charge in [0.15, 0.2) is 11.6 Å². The highest BCUT2D eigenvalue weighted by Gasteiger charge is 2.41. The number of benzene rings is 1. The first-order chi connectivity index (χ1) is 11.5. The number of ether oxygens (including phenoxy) is 2. The van der Waals surface area contributed by atoms with E-state index >= 15 is 0 Å². The Morgan fingerprint density at radius 3 is 1.62 bits per heavy atom. The molecule has 0 N–H and O–H groups in total. The van der Waals surface area contributed by atoms with Crippen LogP contribution in [0.15, 0.2) is 43.9 Å². The fraction of sp³-hybridized carbons (Fsp3) is 0.125. The summed E-state index contributed by atoms with van der Waals surface area (Å²) in [4.78, 5) is 48.8. The van der Waals surface area contributed by atoms with E-state index < -0.39 is 23.5 Å². The zero-order valence-electron chi connectivity index (χ0n) is 12.6. The van der Waals surface area contributed by atoms with Crippen LogP contribution in [0.3, 0.4) is 0 Å². The summed E-state index contributed by atoms with van der Waals surface area (Å²) in [6, 6.07) is 6.49. The molecule has 0 fully saturated rings. The fourth-order valence-corrected chi connectivity index (χ4v) is 4.84. The van der Waals surface area contributed by atoms with Crippen LogP contribution in [0.5, 0.6) is 0 Å². The summed E-state index contributed by atoms with van der Waals surface area (Å²) in [5.41, 5.74) is 0.598. The predicted octanol–water partition coefficient (Wildman–Crippen LogP) is 2.31. The van der Waals surface area contributed by atoms with Gasteiger partial charge in [0, 0.05) is 11.1 Å². The number of allylic oxidation sites excluding steroid dienone is 1. The maximum absolute atomic E-state index is 12.5.